The molecule has 4 aliphatic rings. The first-order chi connectivity index (χ1) is 15.7. The molecule has 4 rings (SSSR count). The Kier molecular flexibility index (Phi) is 5.96. The minimum atomic E-state index is -1.03. The van der Waals surface area contributed by atoms with Gasteiger partial charge in [0.25, 0.3) is 0 Å². The van der Waals surface area contributed by atoms with Crippen molar-refractivity contribution in [2.24, 2.45) is 34.0 Å². The highest BCUT2D eigenvalue weighted by Crippen LogP contribution is 2.73. The van der Waals surface area contributed by atoms with Gasteiger partial charge in [0.2, 0.25) is 0 Å². The van der Waals surface area contributed by atoms with Crippen LogP contribution < -0.4 is 0 Å². The maximum absolute atomic E-state index is 12.4. The summed E-state index contributed by atoms with van der Waals surface area (Å²) in [6.45, 7) is 14.1. The van der Waals surface area contributed by atoms with Crippen molar-refractivity contribution in [1.82, 2.24) is 0 Å². The van der Waals surface area contributed by atoms with E-state index in [2.05, 4.69) is 13.5 Å². The first kappa shape index (κ1) is 25.2. The van der Waals surface area contributed by atoms with Gasteiger partial charge in [-0.1, -0.05) is 27.4 Å². The molecule has 0 saturated heterocycles. The standard InChI is InChI=1S/C26H38O8/c1-12-16-10-17(30)20-25(7)9-8-18(32-13(2)27)24(5,6)21(25)19(33-14(3)28)23(34-15(4)29)26(20,11-16)22(12)31/h16-23,30-31H,1,8-11H2,2-7H3/t16-,17+,18+,19-,20+,21-,22-,23+,25+,26-/m1/s1. The minimum absolute atomic E-state index is 0.108. The summed E-state index contributed by atoms with van der Waals surface area (Å²) in [4.78, 5) is 36.7. The smallest absolute Gasteiger partial charge is 0.303 e. The molecule has 0 heterocycles. The predicted octanol–water partition coefficient (Wildman–Crippen LogP) is 2.54. The number of aliphatic hydroxyl groups excluding tert-OH is 2. The van der Waals surface area contributed by atoms with E-state index in [1.165, 1.54) is 20.8 Å². The lowest BCUT2D eigenvalue weighted by atomic mass is 9.38. The number of rotatable bonds is 3. The van der Waals surface area contributed by atoms with Gasteiger partial charge in [0.05, 0.1) is 12.2 Å². The number of fused-ring (bicyclic) bond motifs is 3. The van der Waals surface area contributed by atoms with E-state index in [1.807, 2.05) is 13.8 Å². The van der Waals surface area contributed by atoms with Gasteiger partial charge in [0.15, 0.2) is 0 Å². The third-order valence-corrected chi connectivity index (χ3v) is 9.53. The van der Waals surface area contributed by atoms with Crippen LogP contribution in [0, 0.1) is 34.0 Å². The average molecular weight is 479 g/mol. The zero-order chi connectivity index (χ0) is 25.4. The Morgan fingerprint density at radius 3 is 2.09 bits per heavy atom. The maximum atomic E-state index is 12.4. The molecule has 0 aromatic carbocycles. The lowest BCUT2D eigenvalue weighted by molar-refractivity contribution is -0.303. The van der Waals surface area contributed by atoms with Crippen molar-refractivity contribution in [3.63, 3.8) is 0 Å². The summed E-state index contributed by atoms with van der Waals surface area (Å²) in [5.41, 5.74) is -1.65. The third-order valence-electron chi connectivity index (χ3n) is 9.53. The summed E-state index contributed by atoms with van der Waals surface area (Å²) >= 11 is 0. The Balaban J connectivity index is 1.96. The molecule has 4 aliphatic carbocycles. The summed E-state index contributed by atoms with van der Waals surface area (Å²) in [7, 11) is 0. The molecule has 2 N–H and O–H groups in total. The molecule has 190 valence electrons. The zero-order valence-electron chi connectivity index (χ0n) is 21.0. The Hall–Kier alpha value is -1.93. The van der Waals surface area contributed by atoms with Crippen molar-refractivity contribution in [3.8, 4) is 0 Å². The van der Waals surface area contributed by atoms with Gasteiger partial charge in [-0.15, -0.1) is 0 Å². The van der Waals surface area contributed by atoms with Gasteiger partial charge in [0.1, 0.15) is 18.3 Å². The molecule has 4 saturated carbocycles. The summed E-state index contributed by atoms with van der Waals surface area (Å²) in [6, 6.07) is 0. The average Bonchev–Trinajstić information content (AvgIpc) is 2.88. The molecule has 0 aromatic heterocycles. The summed E-state index contributed by atoms with van der Waals surface area (Å²) in [5, 5.41) is 23.1. The Labute approximate surface area is 201 Å². The summed E-state index contributed by atoms with van der Waals surface area (Å²) < 4.78 is 17.6. The van der Waals surface area contributed by atoms with Crippen LogP contribution in [0.1, 0.15) is 67.2 Å². The van der Waals surface area contributed by atoms with E-state index in [9.17, 15) is 24.6 Å². The number of hydrogen-bond donors (Lipinski definition) is 2. The number of carbonyl (C=O) groups excluding carboxylic acids is 3. The predicted molar refractivity (Wildman–Crippen MR) is 121 cm³/mol. The van der Waals surface area contributed by atoms with Crippen molar-refractivity contribution >= 4 is 17.9 Å². The summed E-state index contributed by atoms with van der Waals surface area (Å²) in [6.07, 6.45) is -1.91. The molecule has 4 fully saturated rings. The molecular weight excluding hydrogens is 440 g/mol. The van der Waals surface area contributed by atoms with Gasteiger partial charge in [-0.3, -0.25) is 14.4 Å². The zero-order valence-corrected chi connectivity index (χ0v) is 21.0. The second kappa shape index (κ2) is 8.05. The first-order valence-corrected chi connectivity index (χ1v) is 12.2. The van der Waals surface area contributed by atoms with Crippen LogP contribution in [0.25, 0.3) is 0 Å². The van der Waals surface area contributed by atoms with Crippen molar-refractivity contribution in [2.45, 2.75) is 97.7 Å². The highest BCUT2D eigenvalue weighted by atomic mass is 16.6. The first-order valence-electron chi connectivity index (χ1n) is 12.2. The Bertz CT molecular complexity index is 910. The molecule has 34 heavy (non-hydrogen) atoms. The SMILES string of the molecule is C=C1[C@@H]2C[C@H](O)[C@H]3[C@]4(C)CC[C@H](OC(C)=O)C(C)(C)[C@H]4[C@@H](OC(C)=O)[C@H](OC(C)=O)[C@@]3(C2)[C@@H]1O. The van der Waals surface area contributed by atoms with Gasteiger partial charge in [-0.2, -0.15) is 0 Å². The monoisotopic (exact) mass is 478 g/mol. The lowest BCUT2D eigenvalue weighted by Crippen LogP contribution is -2.74. The normalized spacial score (nSPS) is 46.6. The van der Waals surface area contributed by atoms with Crippen LogP contribution in [0.15, 0.2) is 12.2 Å². The van der Waals surface area contributed by atoms with Crippen LogP contribution in [0.5, 0.6) is 0 Å². The Morgan fingerprint density at radius 2 is 1.53 bits per heavy atom. The van der Waals surface area contributed by atoms with E-state index in [1.54, 1.807) is 0 Å². The molecule has 0 aromatic rings. The van der Waals surface area contributed by atoms with Crippen LogP contribution in [0.4, 0.5) is 0 Å². The number of carbonyl (C=O) groups is 3. The lowest BCUT2D eigenvalue weighted by Gasteiger charge is -2.69. The fourth-order valence-electron chi connectivity index (χ4n) is 8.79. The maximum Gasteiger partial charge on any atom is 0.303 e. The van der Waals surface area contributed by atoms with Gasteiger partial charge >= 0.3 is 17.9 Å². The van der Waals surface area contributed by atoms with Crippen LogP contribution in [-0.4, -0.2) is 58.6 Å². The second-order valence-electron chi connectivity index (χ2n) is 11.8. The van der Waals surface area contributed by atoms with Crippen molar-refractivity contribution in [1.29, 1.82) is 0 Å². The topological polar surface area (TPSA) is 119 Å². The highest BCUT2D eigenvalue weighted by molar-refractivity contribution is 5.68. The Morgan fingerprint density at radius 1 is 0.941 bits per heavy atom. The number of aliphatic hydroxyl groups is 2. The van der Waals surface area contributed by atoms with Gasteiger partial charge in [0, 0.05) is 43.4 Å². The molecule has 0 radical (unpaired) electrons. The van der Waals surface area contributed by atoms with Crippen molar-refractivity contribution in [2.75, 3.05) is 0 Å². The molecule has 0 unspecified atom stereocenters. The van der Waals surface area contributed by atoms with E-state index in [-0.39, 0.29) is 5.92 Å². The largest absolute Gasteiger partial charge is 0.462 e. The number of ether oxygens (including phenoxy) is 3. The molecule has 0 amide bonds. The van der Waals surface area contributed by atoms with E-state index in [0.717, 1.165) is 0 Å². The van der Waals surface area contributed by atoms with Gasteiger partial charge < -0.3 is 24.4 Å². The molecule has 0 aliphatic heterocycles. The quantitative estimate of drug-likeness (QED) is 0.361. The molecule has 1 spiro atoms. The summed E-state index contributed by atoms with van der Waals surface area (Å²) in [5.74, 6) is -2.41. The van der Waals surface area contributed by atoms with Crippen LogP contribution >= 0.6 is 0 Å². The minimum Gasteiger partial charge on any atom is -0.462 e. The molecular formula is C26H38O8. The number of hydrogen-bond acceptors (Lipinski definition) is 8. The highest BCUT2D eigenvalue weighted by Gasteiger charge is 2.77. The van der Waals surface area contributed by atoms with Crippen molar-refractivity contribution < 1.29 is 38.8 Å². The molecule has 2 bridgehead atoms. The molecule has 10 atom stereocenters. The van der Waals surface area contributed by atoms with Crippen LogP contribution in [0.2, 0.25) is 0 Å². The third kappa shape index (κ3) is 3.35. The molecule has 8 heteroatoms. The van der Waals surface area contributed by atoms with Crippen LogP contribution in [-0.2, 0) is 28.6 Å². The fourth-order valence-corrected chi connectivity index (χ4v) is 8.79. The van der Waals surface area contributed by atoms with Crippen LogP contribution in [0.3, 0.4) is 0 Å². The van der Waals surface area contributed by atoms with E-state index >= 15 is 0 Å². The van der Waals surface area contributed by atoms with Gasteiger partial charge in [-0.05, 0) is 42.6 Å². The second-order valence-corrected chi connectivity index (χ2v) is 11.8. The fraction of sp³-hybridized carbons (Fsp3) is 0.808. The van der Waals surface area contributed by atoms with E-state index < -0.39 is 76.5 Å². The number of esters is 3. The van der Waals surface area contributed by atoms with Gasteiger partial charge in [-0.25, -0.2) is 0 Å². The van der Waals surface area contributed by atoms with E-state index in [4.69, 9.17) is 14.2 Å². The molecule has 8 nitrogen and oxygen atoms in total. The van der Waals surface area contributed by atoms with Crippen molar-refractivity contribution in [3.05, 3.63) is 12.2 Å². The van der Waals surface area contributed by atoms with E-state index in [0.29, 0.717) is 31.3 Å².